The smallest absolute Gasteiger partial charge is 0.354 e. The molecule has 0 aromatic heterocycles. The van der Waals surface area contributed by atoms with Crippen molar-refractivity contribution in [1.29, 1.82) is 0 Å². The van der Waals surface area contributed by atoms with Crippen LogP contribution in [0, 0.1) is 0 Å². The van der Waals surface area contributed by atoms with Gasteiger partial charge in [-0.15, -0.1) is 0 Å². The highest BCUT2D eigenvalue weighted by molar-refractivity contribution is 6.36. The van der Waals surface area contributed by atoms with Gasteiger partial charge in [-0.25, -0.2) is 10.2 Å². The maximum absolute atomic E-state index is 11.7. The molecule has 0 saturated heterocycles. The molecule has 1 aromatic rings. The molecule has 1 rings (SSSR count). The van der Waals surface area contributed by atoms with E-state index in [1.54, 1.807) is 38.1 Å². The van der Waals surface area contributed by atoms with Crippen LogP contribution in [0.3, 0.4) is 0 Å². The fourth-order valence-electron chi connectivity index (χ4n) is 1.26. The number of nitrogens with zero attached hydrogens (tertiary/aromatic N) is 1. The van der Waals surface area contributed by atoms with Crippen LogP contribution in [0.2, 0.25) is 0 Å². The maximum Gasteiger partial charge on any atom is 0.354 e. The molecule has 0 unspecified atom stereocenters. The quantitative estimate of drug-likeness (QED) is 0.490. The predicted molar refractivity (Wildman–Crippen MR) is 68.3 cm³/mol. The second kappa shape index (κ2) is 7.21. The van der Waals surface area contributed by atoms with Crippen LogP contribution in [0.1, 0.15) is 30.6 Å². The minimum Gasteiger partial charge on any atom is -0.461 e. The zero-order chi connectivity index (χ0) is 13.4. The van der Waals surface area contributed by atoms with Gasteiger partial charge in [-0.2, -0.15) is 5.10 Å². The van der Waals surface area contributed by atoms with Gasteiger partial charge in [0.25, 0.3) is 5.91 Å². The fourth-order valence-corrected chi connectivity index (χ4v) is 1.26. The average molecular weight is 248 g/mol. The summed E-state index contributed by atoms with van der Waals surface area (Å²) in [6.45, 7) is 3.77. The van der Waals surface area contributed by atoms with Gasteiger partial charge >= 0.3 is 5.97 Å². The standard InChI is InChI=1S/C13H16N2O3/c1-3-11(13(17)18-4-2)14-15-12(16)10-8-6-5-7-9-10/h5-9H,3-4H2,1-2H3,(H,15,16)/b14-11+. The summed E-state index contributed by atoms with van der Waals surface area (Å²) < 4.78 is 4.81. The van der Waals surface area contributed by atoms with Gasteiger partial charge in [-0.1, -0.05) is 25.1 Å². The molecule has 0 aliphatic heterocycles. The van der Waals surface area contributed by atoms with Crippen LogP contribution in [0.15, 0.2) is 35.4 Å². The van der Waals surface area contributed by atoms with E-state index in [9.17, 15) is 9.59 Å². The van der Waals surface area contributed by atoms with E-state index in [0.29, 0.717) is 12.0 Å². The summed E-state index contributed by atoms with van der Waals surface area (Å²) in [5.41, 5.74) is 3.02. The molecular weight excluding hydrogens is 232 g/mol. The van der Waals surface area contributed by atoms with Gasteiger partial charge < -0.3 is 4.74 Å². The van der Waals surface area contributed by atoms with Crippen molar-refractivity contribution in [2.75, 3.05) is 6.61 Å². The Morgan fingerprint density at radius 1 is 1.22 bits per heavy atom. The van der Waals surface area contributed by atoms with Gasteiger partial charge in [-0.05, 0) is 25.5 Å². The number of carbonyl (C=O) groups is 2. The van der Waals surface area contributed by atoms with Crippen molar-refractivity contribution in [3.8, 4) is 0 Å². The minimum atomic E-state index is -0.506. The first-order valence-corrected chi connectivity index (χ1v) is 5.78. The summed E-state index contributed by atoms with van der Waals surface area (Å²) in [7, 11) is 0. The summed E-state index contributed by atoms with van der Waals surface area (Å²) >= 11 is 0. The van der Waals surface area contributed by atoms with Crippen molar-refractivity contribution in [2.24, 2.45) is 5.10 Å². The Kier molecular flexibility index (Phi) is 5.57. The van der Waals surface area contributed by atoms with Crippen LogP contribution in [0.5, 0.6) is 0 Å². The highest BCUT2D eigenvalue weighted by Crippen LogP contribution is 1.98. The van der Waals surface area contributed by atoms with E-state index in [4.69, 9.17) is 4.74 Å². The fraction of sp³-hybridized carbons (Fsp3) is 0.308. The maximum atomic E-state index is 11.7. The molecule has 96 valence electrons. The Hall–Kier alpha value is -2.17. The van der Waals surface area contributed by atoms with Gasteiger partial charge in [0.1, 0.15) is 5.71 Å². The van der Waals surface area contributed by atoms with Crippen LogP contribution in [0.4, 0.5) is 0 Å². The van der Waals surface area contributed by atoms with Gasteiger partial charge in [0.15, 0.2) is 0 Å². The van der Waals surface area contributed by atoms with E-state index in [1.165, 1.54) is 0 Å². The number of hydrogen-bond acceptors (Lipinski definition) is 4. The normalized spacial score (nSPS) is 10.9. The summed E-state index contributed by atoms with van der Waals surface area (Å²) in [5.74, 6) is -0.862. The summed E-state index contributed by atoms with van der Waals surface area (Å²) in [5, 5.41) is 3.78. The van der Waals surface area contributed by atoms with Gasteiger partial charge in [0.2, 0.25) is 0 Å². The van der Waals surface area contributed by atoms with Crippen molar-refractivity contribution in [3.63, 3.8) is 0 Å². The number of benzene rings is 1. The topological polar surface area (TPSA) is 67.8 Å². The molecular formula is C13H16N2O3. The average Bonchev–Trinajstić information content (AvgIpc) is 2.40. The lowest BCUT2D eigenvalue weighted by atomic mass is 10.2. The molecule has 0 atom stereocenters. The van der Waals surface area contributed by atoms with E-state index in [2.05, 4.69) is 10.5 Å². The summed E-state index contributed by atoms with van der Waals surface area (Å²) in [4.78, 5) is 23.1. The number of hydrazone groups is 1. The Morgan fingerprint density at radius 3 is 2.44 bits per heavy atom. The third kappa shape index (κ3) is 4.01. The van der Waals surface area contributed by atoms with Gasteiger partial charge in [-0.3, -0.25) is 4.79 Å². The lowest BCUT2D eigenvalue weighted by Crippen LogP contribution is -2.24. The van der Waals surface area contributed by atoms with Crippen LogP contribution >= 0.6 is 0 Å². The first kappa shape index (κ1) is 13.9. The first-order valence-electron chi connectivity index (χ1n) is 5.78. The number of hydrogen-bond donors (Lipinski definition) is 1. The summed E-state index contributed by atoms with van der Waals surface area (Å²) in [6, 6.07) is 8.66. The molecule has 1 amide bonds. The van der Waals surface area contributed by atoms with Crippen LogP contribution in [0.25, 0.3) is 0 Å². The van der Waals surface area contributed by atoms with E-state index in [0.717, 1.165) is 0 Å². The molecule has 0 fully saturated rings. The van der Waals surface area contributed by atoms with E-state index in [-0.39, 0.29) is 18.2 Å². The Bertz CT molecular complexity index is 441. The number of ether oxygens (including phenoxy) is 1. The predicted octanol–water partition coefficient (Wildman–Crippen LogP) is 1.75. The highest BCUT2D eigenvalue weighted by atomic mass is 16.5. The van der Waals surface area contributed by atoms with Crippen molar-refractivity contribution in [2.45, 2.75) is 20.3 Å². The molecule has 18 heavy (non-hydrogen) atoms. The number of nitrogens with one attached hydrogen (secondary N) is 1. The lowest BCUT2D eigenvalue weighted by molar-refractivity contribution is -0.135. The summed E-state index contributed by atoms with van der Waals surface area (Å²) in [6.07, 6.45) is 0.397. The molecule has 0 bridgehead atoms. The van der Waals surface area contributed by atoms with Crippen LogP contribution in [-0.2, 0) is 9.53 Å². The van der Waals surface area contributed by atoms with Crippen LogP contribution < -0.4 is 5.43 Å². The molecule has 1 aromatic carbocycles. The number of rotatable bonds is 5. The SMILES string of the molecule is CCOC(=O)/C(CC)=N/NC(=O)c1ccccc1. The zero-order valence-electron chi connectivity index (χ0n) is 10.5. The second-order valence-electron chi connectivity index (χ2n) is 3.44. The molecule has 0 aliphatic rings. The Balaban J connectivity index is 2.67. The Morgan fingerprint density at radius 2 is 1.89 bits per heavy atom. The number of carbonyl (C=O) groups excluding carboxylic acids is 2. The zero-order valence-corrected chi connectivity index (χ0v) is 10.5. The van der Waals surface area contributed by atoms with Crippen LogP contribution in [-0.4, -0.2) is 24.2 Å². The second-order valence-corrected chi connectivity index (χ2v) is 3.44. The molecule has 1 N–H and O–H groups in total. The van der Waals surface area contributed by atoms with Crippen molar-refractivity contribution < 1.29 is 14.3 Å². The molecule has 5 nitrogen and oxygen atoms in total. The van der Waals surface area contributed by atoms with Crippen molar-refractivity contribution in [1.82, 2.24) is 5.43 Å². The minimum absolute atomic E-state index is 0.195. The third-order valence-corrected chi connectivity index (χ3v) is 2.17. The number of esters is 1. The van der Waals surface area contributed by atoms with E-state index >= 15 is 0 Å². The molecule has 0 saturated carbocycles. The van der Waals surface area contributed by atoms with E-state index in [1.807, 2.05) is 6.07 Å². The van der Waals surface area contributed by atoms with Crippen molar-refractivity contribution >= 4 is 17.6 Å². The monoisotopic (exact) mass is 248 g/mol. The molecule has 0 radical (unpaired) electrons. The van der Waals surface area contributed by atoms with Gasteiger partial charge in [0, 0.05) is 5.56 Å². The van der Waals surface area contributed by atoms with E-state index < -0.39 is 5.97 Å². The third-order valence-electron chi connectivity index (χ3n) is 2.17. The molecule has 0 heterocycles. The van der Waals surface area contributed by atoms with Gasteiger partial charge in [0.05, 0.1) is 6.61 Å². The van der Waals surface area contributed by atoms with Crippen molar-refractivity contribution in [3.05, 3.63) is 35.9 Å². The largest absolute Gasteiger partial charge is 0.461 e. The highest BCUT2D eigenvalue weighted by Gasteiger charge is 2.11. The first-order chi connectivity index (χ1) is 8.69. The lowest BCUT2D eigenvalue weighted by Gasteiger charge is -2.04. The molecule has 5 heteroatoms. The Labute approximate surface area is 106 Å². The molecule has 0 spiro atoms. The molecule has 0 aliphatic carbocycles. The number of amides is 1.